The predicted octanol–water partition coefficient (Wildman–Crippen LogP) is 3.85. The van der Waals surface area contributed by atoms with E-state index in [1.165, 1.54) is 0 Å². The second-order valence-electron chi connectivity index (χ2n) is 5.44. The minimum Gasteiger partial charge on any atom is -0.481 e. The van der Waals surface area contributed by atoms with Gasteiger partial charge in [-0.15, -0.1) is 0 Å². The Morgan fingerprint density at radius 3 is 1.29 bits per heavy atom. The van der Waals surface area contributed by atoms with E-state index in [1.807, 2.05) is 0 Å². The fourth-order valence-corrected chi connectivity index (χ4v) is 2.12. The van der Waals surface area contributed by atoms with E-state index in [4.69, 9.17) is 14.9 Å². The van der Waals surface area contributed by atoms with E-state index in [0.29, 0.717) is 0 Å². The third-order valence-electron chi connectivity index (χ3n) is 3.36. The van der Waals surface area contributed by atoms with Gasteiger partial charge < -0.3 is 14.9 Å². The second kappa shape index (κ2) is 15.3. The highest BCUT2D eigenvalue weighted by Crippen LogP contribution is 2.07. The van der Waals surface area contributed by atoms with Gasteiger partial charge in [-0.2, -0.15) is 0 Å². The van der Waals surface area contributed by atoms with Crippen LogP contribution in [-0.2, 0) is 14.3 Å². The number of unbranched alkanes of at least 4 members (excludes halogenated alkanes) is 8. The van der Waals surface area contributed by atoms with Crippen molar-refractivity contribution in [2.24, 2.45) is 0 Å². The summed E-state index contributed by atoms with van der Waals surface area (Å²) in [6.07, 6.45) is 10.6. The molecule has 0 rings (SSSR count). The van der Waals surface area contributed by atoms with Crippen LogP contribution in [0.3, 0.4) is 0 Å². The van der Waals surface area contributed by atoms with Gasteiger partial charge >= 0.3 is 11.9 Å². The molecule has 5 heteroatoms. The predicted molar refractivity (Wildman–Crippen MR) is 81.5 cm³/mol. The standard InChI is InChI=1S/C16H30O5/c17-15(18)11-7-3-1-5-9-13-21-14-10-6-2-4-8-12-16(19)20/h1-14H2,(H,17,18)(H,19,20). The van der Waals surface area contributed by atoms with E-state index >= 15 is 0 Å². The Kier molecular flexibility index (Phi) is 14.5. The summed E-state index contributed by atoms with van der Waals surface area (Å²) >= 11 is 0. The molecule has 0 saturated heterocycles. The fraction of sp³-hybridized carbons (Fsp3) is 0.875. The number of hydrogen-bond acceptors (Lipinski definition) is 3. The molecule has 21 heavy (non-hydrogen) atoms. The topological polar surface area (TPSA) is 83.8 Å². The van der Waals surface area contributed by atoms with Crippen LogP contribution in [0.2, 0.25) is 0 Å². The van der Waals surface area contributed by atoms with Crippen molar-refractivity contribution in [3.63, 3.8) is 0 Å². The highest BCUT2D eigenvalue weighted by atomic mass is 16.5. The first kappa shape index (κ1) is 19.9. The van der Waals surface area contributed by atoms with Gasteiger partial charge in [-0.25, -0.2) is 0 Å². The highest BCUT2D eigenvalue weighted by Gasteiger charge is 1.98. The first-order chi connectivity index (χ1) is 10.1. The third kappa shape index (κ3) is 18.9. The SMILES string of the molecule is O=C(O)CCCCCCCOCCCCCCCC(=O)O. The van der Waals surface area contributed by atoms with Gasteiger partial charge in [0.25, 0.3) is 0 Å². The van der Waals surface area contributed by atoms with Crippen molar-refractivity contribution < 1.29 is 24.5 Å². The fourth-order valence-electron chi connectivity index (χ4n) is 2.12. The van der Waals surface area contributed by atoms with Crippen molar-refractivity contribution in [3.8, 4) is 0 Å². The van der Waals surface area contributed by atoms with E-state index in [-0.39, 0.29) is 12.8 Å². The van der Waals surface area contributed by atoms with Crippen molar-refractivity contribution in [1.29, 1.82) is 0 Å². The summed E-state index contributed by atoms with van der Waals surface area (Å²) in [5.74, 6) is -1.41. The van der Waals surface area contributed by atoms with Gasteiger partial charge in [0, 0.05) is 26.1 Å². The Balaban J connectivity index is 2.99. The lowest BCUT2D eigenvalue weighted by Gasteiger charge is -2.04. The van der Waals surface area contributed by atoms with Crippen LogP contribution in [0.25, 0.3) is 0 Å². The van der Waals surface area contributed by atoms with Crippen molar-refractivity contribution in [2.75, 3.05) is 13.2 Å². The maximum Gasteiger partial charge on any atom is 0.303 e. The normalized spacial score (nSPS) is 10.7. The molecular formula is C16H30O5. The molecule has 2 N–H and O–H groups in total. The number of carbonyl (C=O) groups is 2. The molecule has 0 amide bonds. The van der Waals surface area contributed by atoms with E-state index in [2.05, 4.69) is 0 Å². The molecule has 0 radical (unpaired) electrons. The van der Waals surface area contributed by atoms with Gasteiger partial charge in [-0.3, -0.25) is 9.59 Å². The van der Waals surface area contributed by atoms with Crippen molar-refractivity contribution in [3.05, 3.63) is 0 Å². The molecule has 0 fully saturated rings. The van der Waals surface area contributed by atoms with E-state index in [9.17, 15) is 9.59 Å². The monoisotopic (exact) mass is 302 g/mol. The molecule has 0 spiro atoms. The first-order valence-electron chi connectivity index (χ1n) is 8.14. The third-order valence-corrected chi connectivity index (χ3v) is 3.36. The molecular weight excluding hydrogens is 272 g/mol. The Bertz CT molecular complexity index is 239. The Morgan fingerprint density at radius 2 is 0.905 bits per heavy atom. The minimum atomic E-state index is -0.707. The molecule has 124 valence electrons. The van der Waals surface area contributed by atoms with Gasteiger partial charge in [0.15, 0.2) is 0 Å². The largest absolute Gasteiger partial charge is 0.481 e. The summed E-state index contributed by atoms with van der Waals surface area (Å²) in [4.78, 5) is 20.6. The molecule has 0 heterocycles. The van der Waals surface area contributed by atoms with E-state index < -0.39 is 11.9 Å². The molecule has 0 aromatic rings. The zero-order valence-corrected chi connectivity index (χ0v) is 13.0. The van der Waals surface area contributed by atoms with Gasteiger partial charge in [0.1, 0.15) is 0 Å². The van der Waals surface area contributed by atoms with Gasteiger partial charge in [0.05, 0.1) is 0 Å². The summed E-state index contributed by atoms with van der Waals surface area (Å²) in [6.45, 7) is 1.58. The van der Waals surface area contributed by atoms with Crippen LogP contribution in [0.5, 0.6) is 0 Å². The van der Waals surface area contributed by atoms with E-state index in [0.717, 1.165) is 77.4 Å². The summed E-state index contributed by atoms with van der Waals surface area (Å²) < 4.78 is 5.53. The molecule has 0 aliphatic heterocycles. The summed E-state index contributed by atoms with van der Waals surface area (Å²) in [5.41, 5.74) is 0. The van der Waals surface area contributed by atoms with Crippen molar-refractivity contribution in [1.82, 2.24) is 0 Å². The number of aliphatic carboxylic acids is 2. The average molecular weight is 302 g/mol. The smallest absolute Gasteiger partial charge is 0.303 e. The molecule has 0 unspecified atom stereocenters. The zero-order valence-electron chi connectivity index (χ0n) is 13.0. The number of ether oxygens (including phenoxy) is 1. The van der Waals surface area contributed by atoms with Gasteiger partial charge in [-0.1, -0.05) is 38.5 Å². The first-order valence-corrected chi connectivity index (χ1v) is 8.14. The lowest BCUT2D eigenvalue weighted by atomic mass is 10.1. The van der Waals surface area contributed by atoms with Crippen molar-refractivity contribution in [2.45, 2.75) is 77.0 Å². The lowest BCUT2D eigenvalue weighted by Crippen LogP contribution is -1.98. The summed E-state index contributed by atoms with van der Waals surface area (Å²) in [7, 11) is 0. The van der Waals surface area contributed by atoms with Gasteiger partial charge in [0.2, 0.25) is 0 Å². The molecule has 0 saturated carbocycles. The van der Waals surface area contributed by atoms with Crippen LogP contribution in [0, 0.1) is 0 Å². The Morgan fingerprint density at radius 1 is 0.571 bits per heavy atom. The summed E-state index contributed by atoms with van der Waals surface area (Å²) in [5, 5.41) is 17.0. The molecule has 5 nitrogen and oxygen atoms in total. The lowest BCUT2D eigenvalue weighted by molar-refractivity contribution is -0.138. The molecule has 0 aromatic carbocycles. The minimum absolute atomic E-state index is 0.281. The number of carboxylic acid groups (broad SMARTS) is 2. The van der Waals surface area contributed by atoms with E-state index in [1.54, 1.807) is 0 Å². The van der Waals surface area contributed by atoms with Crippen LogP contribution < -0.4 is 0 Å². The van der Waals surface area contributed by atoms with Crippen LogP contribution >= 0.6 is 0 Å². The summed E-state index contributed by atoms with van der Waals surface area (Å²) in [6, 6.07) is 0. The Labute approximate surface area is 127 Å². The number of hydrogen-bond donors (Lipinski definition) is 2. The average Bonchev–Trinajstić information content (AvgIpc) is 2.42. The quantitative estimate of drug-likeness (QED) is 0.423. The van der Waals surface area contributed by atoms with Crippen LogP contribution in [-0.4, -0.2) is 35.4 Å². The van der Waals surface area contributed by atoms with Crippen molar-refractivity contribution >= 4 is 11.9 Å². The molecule has 0 aliphatic carbocycles. The van der Waals surface area contributed by atoms with Crippen LogP contribution in [0.1, 0.15) is 77.0 Å². The molecule has 0 bridgehead atoms. The maximum atomic E-state index is 10.3. The number of rotatable bonds is 16. The molecule has 0 aromatic heterocycles. The molecule has 0 aliphatic rings. The number of carboxylic acids is 2. The zero-order chi connectivity index (χ0) is 15.8. The van der Waals surface area contributed by atoms with Crippen LogP contribution in [0.15, 0.2) is 0 Å². The van der Waals surface area contributed by atoms with Crippen LogP contribution in [0.4, 0.5) is 0 Å². The Hall–Kier alpha value is -1.10. The van der Waals surface area contributed by atoms with Gasteiger partial charge in [-0.05, 0) is 25.7 Å². The maximum absolute atomic E-state index is 10.3. The highest BCUT2D eigenvalue weighted by molar-refractivity contribution is 5.66. The molecule has 0 atom stereocenters. The second-order valence-corrected chi connectivity index (χ2v) is 5.44.